The highest BCUT2D eigenvalue weighted by Crippen LogP contribution is 2.21. The molecule has 0 saturated carbocycles. The van der Waals surface area contributed by atoms with Crippen molar-refractivity contribution in [1.82, 2.24) is 4.90 Å². The lowest BCUT2D eigenvalue weighted by molar-refractivity contribution is -0.128. The number of allylic oxidation sites excluding steroid dienone is 3. The summed E-state index contributed by atoms with van der Waals surface area (Å²) in [6.07, 6.45) is 12.3. The van der Waals surface area contributed by atoms with Gasteiger partial charge in [0.1, 0.15) is 0 Å². The zero-order valence-corrected chi connectivity index (χ0v) is 15.8. The van der Waals surface area contributed by atoms with Gasteiger partial charge in [0.25, 0.3) is 0 Å². The van der Waals surface area contributed by atoms with Crippen molar-refractivity contribution in [2.75, 3.05) is 6.54 Å². The smallest absolute Gasteiger partial charge is 0.335 e. The van der Waals surface area contributed by atoms with Crippen molar-refractivity contribution in [3.63, 3.8) is 0 Å². The highest BCUT2D eigenvalue weighted by atomic mass is 16.4. The van der Waals surface area contributed by atoms with Gasteiger partial charge in [0, 0.05) is 13.0 Å². The molecular weight excluding hydrogens is 326 g/mol. The molecule has 0 spiro atoms. The monoisotopic (exact) mass is 355 g/mol. The lowest BCUT2D eigenvalue weighted by Crippen LogP contribution is -2.33. The van der Waals surface area contributed by atoms with Crippen LogP contribution in [0.15, 0.2) is 48.1 Å². The van der Waals surface area contributed by atoms with Crippen LogP contribution in [0.3, 0.4) is 0 Å². The van der Waals surface area contributed by atoms with Gasteiger partial charge in [-0.2, -0.15) is 0 Å². The maximum absolute atomic E-state index is 12.2. The van der Waals surface area contributed by atoms with E-state index in [0.717, 1.165) is 24.8 Å². The first-order chi connectivity index (χ1) is 12.5. The summed E-state index contributed by atoms with van der Waals surface area (Å²) in [5.74, 6) is -0.715. The number of carbonyl (C=O) groups excluding carboxylic acids is 1. The molecule has 1 atom stereocenters. The van der Waals surface area contributed by atoms with E-state index in [-0.39, 0.29) is 17.5 Å². The minimum atomic E-state index is -0.918. The zero-order valence-electron chi connectivity index (χ0n) is 15.8. The number of carbonyl (C=O) groups is 2. The van der Waals surface area contributed by atoms with Crippen LogP contribution in [0.4, 0.5) is 0 Å². The summed E-state index contributed by atoms with van der Waals surface area (Å²) in [5.41, 5.74) is 2.59. The van der Waals surface area contributed by atoms with Crippen molar-refractivity contribution in [1.29, 1.82) is 0 Å². The fourth-order valence-electron chi connectivity index (χ4n) is 3.17. The average Bonchev–Trinajstić information content (AvgIpc) is 2.98. The summed E-state index contributed by atoms with van der Waals surface area (Å²) < 4.78 is 0. The van der Waals surface area contributed by atoms with E-state index in [0.29, 0.717) is 13.0 Å². The van der Waals surface area contributed by atoms with Crippen LogP contribution < -0.4 is 0 Å². The molecule has 4 heteroatoms. The van der Waals surface area contributed by atoms with E-state index < -0.39 is 5.97 Å². The number of amides is 1. The van der Waals surface area contributed by atoms with Crippen LogP contribution in [0, 0.1) is 0 Å². The average molecular weight is 355 g/mol. The molecule has 1 amide bonds. The van der Waals surface area contributed by atoms with Gasteiger partial charge in [-0.3, -0.25) is 4.79 Å². The van der Waals surface area contributed by atoms with E-state index in [4.69, 9.17) is 5.11 Å². The predicted octanol–water partition coefficient (Wildman–Crippen LogP) is 4.61. The Bertz CT molecular complexity index is 673. The van der Waals surface area contributed by atoms with Gasteiger partial charge < -0.3 is 10.0 Å². The van der Waals surface area contributed by atoms with Crippen molar-refractivity contribution in [2.24, 2.45) is 0 Å². The summed E-state index contributed by atoms with van der Waals surface area (Å²) in [6, 6.07) is 7.05. The predicted molar refractivity (Wildman–Crippen MR) is 104 cm³/mol. The molecule has 1 aliphatic heterocycles. The summed E-state index contributed by atoms with van der Waals surface area (Å²) in [7, 11) is 0. The van der Waals surface area contributed by atoms with E-state index in [1.54, 1.807) is 12.1 Å². The van der Waals surface area contributed by atoms with Crippen molar-refractivity contribution in [3.8, 4) is 0 Å². The van der Waals surface area contributed by atoms with Crippen molar-refractivity contribution in [3.05, 3.63) is 59.2 Å². The van der Waals surface area contributed by atoms with E-state index in [1.165, 1.54) is 18.4 Å². The number of unbranched alkanes of at least 4 members (excludes halogenated alkanes) is 2. The number of nitrogens with zero attached hydrogens (tertiary/aromatic N) is 1. The molecule has 0 aliphatic carbocycles. The largest absolute Gasteiger partial charge is 0.478 e. The van der Waals surface area contributed by atoms with Gasteiger partial charge in [-0.15, -0.1) is 0 Å². The van der Waals surface area contributed by atoms with Gasteiger partial charge in [0.2, 0.25) is 5.91 Å². The molecule has 26 heavy (non-hydrogen) atoms. The Morgan fingerprint density at radius 2 is 2.04 bits per heavy atom. The number of hydrogen-bond acceptors (Lipinski definition) is 2. The second-order valence-electron chi connectivity index (χ2n) is 6.89. The van der Waals surface area contributed by atoms with Crippen LogP contribution >= 0.6 is 0 Å². The minimum Gasteiger partial charge on any atom is -0.478 e. The lowest BCUT2D eigenvalue weighted by Gasteiger charge is -2.22. The first kappa shape index (κ1) is 20.0. The van der Waals surface area contributed by atoms with Crippen LogP contribution in [0.1, 0.15) is 61.9 Å². The Hall–Kier alpha value is -2.36. The number of benzene rings is 1. The normalized spacial score (nSPS) is 18.1. The van der Waals surface area contributed by atoms with Gasteiger partial charge >= 0.3 is 5.97 Å². The topological polar surface area (TPSA) is 57.6 Å². The lowest BCUT2D eigenvalue weighted by atomic mass is 10.1. The molecule has 0 bridgehead atoms. The van der Waals surface area contributed by atoms with Crippen molar-refractivity contribution < 1.29 is 14.7 Å². The molecule has 1 aromatic carbocycles. The number of carboxylic acid groups (broad SMARTS) is 1. The molecule has 1 N–H and O–H groups in total. The van der Waals surface area contributed by atoms with Gasteiger partial charge in [0.15, 0.2) is 0 Å². The number of rotatable bonds is 9. The third-order valence-corrected chi connectivity index (χ3v) is 4.82. The molecule has 1 saturated heterocycles. The zero-order chi connectivity index (χ0) is 18.9. The molecule has 140 valence electrons. The van der Waals surface area contributed by atoms with Crippen LogP contribution in [0.25, 0.3) is 0 Å². The summed E-state index contributed by atoms with van der Waals surface area (Å²) in [4.78, 5) is 25.1. The van der Waals surface area contributed by atoms with E-state index in [9.17, 15) is 9.59 Å². The van der Waals surface area contributed by atoms with Crippen molar-refractivity contribution in [2.45, 2.75) is 58.4 Å². The van der Waals surface area contributed by atoms with Gasteiger partial charge in [-0.05, 0) is 43.9 Å². The van der Waals surface area contributed by atoms with E-state index >= 15 is 0 Å². The second-order valence-corrected chi connectivity index (χ2v) is 6.89. The molecule has 0 aromatic heterocycles. The quantitative estimate of drug-likeness (QED) is 0.520. The van der Waals surface area contributed by atoms with Gasteiger partial charge in [0.05, 0.1) is 11.6 Å². The van der Waals surface area contributed by atoms with Crippen LogP contribution in [0.2, 0.25) is 0 Å². The highest BCUT2D eigenvalue weighted by Gasteiger charge is 2.28. The van der Waals surface area contributed by atoms with E-state index in [2.05, 4.69) is 32.1 Å². The maximum Gasteiger partial charge on any atom is 0.335 e. The fraction of sp³-hybridized carbons (Fsp3) is 0.455. The molecule has 2 rings (SSSR count). The number of aromatic carboxylic acids is 1. The SMILES string of the molecule is CCCCC=C(C)C=C[C@H]1CCC(=O)N1CCc1ccc(C(=O)O)cc1. The van der Waals surface area contributed by atoms with E-state index in [1.807, 2.05) is 17.0 Å². The van der Waals surface area contributed by atoms with Crippen LogP contribution in [0.5, 0.6) is 0 Å². The highest BCUT2D eigenvalue weighted by molar-refractivity contribution is 5.87. The minimum absolute atomic E-state index is 0.162. The summed E-state index contributed by atoms with van der Waals surface area (Å²) >= 11 is 0. The third kappa shape index (κ3) is 5.87. The summed E-state index contributed by atoms with van der Waals surface area (Å²) in [5, 5.41) is 8.95. The molecule has 1 aromatic rings. The Labute approximate surface area is 156 Å². The Morgan fingerprint density at radius 3 is 2.69 bits per heavy atom. The first-order valence-electron chi connectivity index (χ1n) is 9.48. The number of likely N-dealkylation sites (tertiary alicyclic amines) is 1. The number of hydrogen-bond donors (Lipinski definition) is 1. The Morgan fingerprint density at radius 1 is 1.31 bits per heavy atom. The summed E-state index contributed by atoms with van der Waals surface area (Å²) in [6.45, 7) is 4.96. The van der Waals surface area contributed by atoms with Crippen LogP contribution in [-0.2, 0) is 11.2 Å². The van der Waals surface area contributed by atoms with Gasteiger partial charge in [-0.1, -0.05) is 55.7 Å². The molecule has 0 radical (unpaired) electrons. The van der Waals surface area contributed by atoms with Gasteiger partial charge in [-0.25, -0.2) is 4.79 Å². The standard InChI is InChI=1S/C22H29NO3/c1-3-4-5-6-17(2)7-12-20-13-14-21(24)23(20)16-15-18-8-10-19(11-9-18)22(25)26/h6-12,20H,3-5,13-16H2,1-2H3,(H,25,26)/t20-/m0/s1. The molecule has 0 unspecified atom stereocenters. The first-order valence-corrected chi connectivity index (χ1v) is 9.48. The molecule has 1 fully saturated rings. The molecule has 4 nitrogen and oxygen atoms in total. The maximum atomic E-state index is 12.2. The van der Waals surface area contributed by atoms with Crippen molar-refractivity contribution >= 4 is 11.9 Å². The molecular formula is C22H29NO3. The van der Waals surface area contributed by atoms with Crippen LogP contribution in [-0.4, -0.2) is 34.5 Å². The molecule has 1 aliphatic rings. The molecule has 1 heterocycles. The Balaban J connectivity index is 1.92. The fourth-order valence-corrected chi connectivity index (χ4v) is 3.17. The Kier molecular flexibility index (Phi) is 7.64. The third-order valence-electron chi connectivity index (χ3n) is 4.82. The number of carboxylic acids is 1. The second kappa shape index (κ2) is 9.95.